The number of piperidine rings is 1. The van der Waals surface area contributed by atoms with E-state index in [1.54, 1.807) is 18.6 Å². The summed E-state index contributed by atoms with van der Waals surface area (Å²) >= 11 is 0. The van der Waals surface area contributed by atoms with Crippen molar-refractivity contribution >= 4 is 23.2 Å². The van der Waals surface area contributed by atoms with Crippen LogP contribution in [0.15, 0.2) is 30.7 Å². The number of fused-ring (bicyclic) bond motifs is 1. The van der Waals surface area contributed by atoms with Crippen molar-refractivity contribution in [3.05, 3.63) is 36.3 Å². The van der Waals surface area contributed by atoms with Gasteiger partial charge in [-0.3, -0.25) is 9.78 Å². The number of pyridine rings is 2. The molecule has 0 unspecified atom stereocenters. The largest absolute Gasteiger partial charge is 0.409 e. The molecule has 0 bridgehead atoms. The van der Waals surface area contributed by atoms with Gasteiger partial charge in [0.1, 0.15) is 5.82 Å². The van der Waals surface area contributed by atoms with E-state index in [1.807, 2.05) is 19.1 Å². The topological polar surface area (TPSA) is 93.1 Å². The van der Waals surface area contributed by atoms with E-state index in [4.69, 9.17) is 14.7 Å². The Morgan fingerprint density at radius 3 is 2.68 bits per heavy atom. The quantitative estimate of drug-likeness (QED) is 0.632. The Balaban J connectivity index is 1.64. The molecule has 5 heterocycles. The lowest BCUT2D eigenvalue weighted by Crippen LogP contribution is -2.41. The number of ether oxygens (including phenoxy) is 1. The first kappa shape index (κ1) is 19.8. The van der Waals surface area contributed by atoms with Crippen LogP contribution in [0.5, 0.6) is 5.88 Å². The summed E-state index contributed by atoms with van der Waals surface area (Å²) < 4.78 is 5.19. The highest BCUT2D eigenvalue weighted by Gasteiger charge is 2.38. The van der Waals surface area contributed by atoms with Crippen LogP contribution in [-0.4, -0.2) is 52.6 Å². The summed E-state index contributed by atoms with van der Waals surface area (Å²) in [5.74, 6) is 1.88. The van der Waals surface area contributed by atoms with E-state index in [9.17, 15) is 4.79 Å². The van der Waals surface area contributed by atoms with Crippen LogP contribution in [0.3, 0.4) is 0 Å². The second-order valence-electron chi connectivity index (χ2n) is 8.39. The smallest absolute Gasteiger partial charge is 0.299 e. The average molecular weight is 419 g/mol. The third-order valence-corrected chi connectivity index (χ3v) is 6.69. The molecule has 31 heavy (non-hydrogen) atoms. The Bertz CT molecular complexity index is 1090. The lowest BCUT2D eigenvalue weighted by Gasteiger charge is -2.40. The standard InChI is InChI=1S/C23H26N6O2/c1-2-17-19-18(13-26-22(17)31-15-30)27-20(16-3-8-24-9-4-16)28-21(19)29-11-6-23(7-12-29)5-10-25-14-23/h3-4,8-9,13,15,25H,2,5-7,10-12,14H2,1H3. The molecule has 0 saturated carbocycles. The molecule has 0 radical (unpaired) electrons. The minimum absolute atomic E-state index is 0.333. The van der Waals surface area contributed by atoms with Crippen molar-refractivity contribution in [2.24, 2.45) is 5.41 Å². The Morgan fingerprint density at radius 1 is 1.19 bits per heavy atom. The number of nitrogens with one attached hydrogen (secondary N) is 1. The molecule has 160 valence electrons. The molecule has 2 aliphatic heterocycles. The lowest BCUT2D eigenvalue weighted by molar-refractivity contribution is -0.121. The Hall–Kier alpha value is -3.13. The summed E-state index contributed by atoms with van der Waals surface area (Å²) in [6.07, 6.45) is 9.36. The van der Waals surface area contributed by atoms with Gasteiger partial charge in [0.05, 0.1) is 17.1 Å². The maximum Gasteiger partial charge on any atom is 0.299 e. The summed E-state index contributed by atoms with van der Waals surface area (Å²) in [5.41, 5.74) is 2.95. The van der Waals surface area contributed by atoms with Crippen molar-refractivity contribution < 1.29 is 9.53 Å². The minimum atomic E-state index is 0.333. The average Bonchev–Trinajstić information content (AvgIpc) is 3.27. The van der Waals surface area contributed by atoms with Crippen molar-refractivity contribution in [1.29, 1.82) is 0 Å². The molecule has 0 aliphatic carbocycles. The maximum absolute atomic E-state index is 11.0. The predicted molar refractivity (Wildman–Crippen MR) is 118 cm³/mol. The molecule has 0 aromatic carbocycles. The van der Waals surface area contributed by atoms with Crippen LogP contribution >= 0.6 is 0 Å². The summed E-state index contributed by atoms with van der Waals surface area (Å²) in [5, 5.41) is 4.45. The lowest BCUT2D eigenvalue weighted by atomic mass is 9.78. The summed E-state index contributed by atoms with van der Waals surface area (Å²) in [6, 6.07) is 3.83. The third-order valence-electron chi connectivity index (χ3n) is 6.69. The zero-order valence-electron chi connectivity index (χ0n) is 17.7. The molecule has 0 atom stereocenters. The van der Waals surface area contributed by atoms with E-state index in [0.29, 0.717) is 30.0 Å². The number of aryl methyl sites for hydroxylation is 1. The second kappa shape index (κ2) is 8.19. The van der Waals surface area contributed by atoms with Gasteiger partial charge in [0.15, 0.2) is 5.82 Å². The predicted octanol–water partition coefficient (Wildman–Crippen LogP) is 2.76. The van der Waals surface area contributed by atoms with E-state index in [-0.39, 0.29) is 0 Å². The van der Waals surface area contributed by atoms with Crippen molar-refractivity contribution in [2.75, 3.05) is 31.1 Å². The van der Waals surface area contributed by atoms with Crippen molar-refractivity contribution in [3.63, 3.8) is 0 Å². The number of anilines is 1. The number of hydrogen-bond acceptors (Lipinski definition) is 8. The van der Waals surface area contributed by atoms with Gasteiger partial charge < -0.3 is 15.0 Å². The van der Waals surface area contributed by atoms with Crippen molar-refractivity contribution in [2.45, 2.75) is 32.6 Å². The fraction of sp³-hybridized carbons (Fsp3) is 0.435. The van der Waals surface area contributed by atoms with Gasteiger partial charge in [-0.2, -0.15) is 0 Å². The number of carbonyl (C=O) groups excluding carboxylic acids is 1. The second-order valence-corrected chi connectivity index (χ2v) is 8.39. The van der Waals surface area contributed by atoms with Crippen LogP contribution in [0.4, 0.5) is 5.82 Å². The van der Waals surface area contributed by atoms with Crippen LogP contribution in [-0.2, 0) is 11.2 Å². The van der Waals surface area contributed by atoms with E-state index < -0.39 is 0 Å². The highest BCUT2D eigenvalue weighted by Crippen LogP contribution is 2.40. The van der Waals surface area contributed by atoms with E-state index in [2.05, 4.69) is 20.2 Å². The maximum atomic E-state index is 11.0. The van der Waals surface area contributed by atoms with Gasteiger partial charge in [-0.05, 0) is 49.8 Å². The molecule has 1 N–H and O–H groups in total. The molecule has 0 amide bonds. The Morgan fingerprint density at radius 2 is 2.00 bits per heavy atom. The van der Waals surface area contributed by atoms with Gasteiger partial charge in [0.2, 0.25) is 5.88 Å². The molecular weight excluding hydrogens is 392 g/mol. The van der Waals surface area contributed by atoms with Gasteiger partial charge in [0, 0.05) is 43.2 Å². The molecule has 3 aromatic heterocycles. The molecule has 3 aromatic rings. The SMILES string of the molecule is CCc1c(OC=O)ncc2nc(-c3ccncc3)nc(N3CCC4(CCNC4)CC3)c12. The number of hydrogen-bond donors (Lipinski definition) is 1. The Labute approximate surface area is 181 Å². The summed E-state index contributed by atoms with van der Waals surface area (Å²) in [7, 11) is 0. The van der Waals surface area contributed by atoms with Gasteiger partial charge >= 0.3 is 0 Å². The molecule has 8 heteroatoms. The minimum Gasteiger partial charge on any atom is -0.409 e. The molecule has 1 spiro atoms. The highest BCUT2D eigenvalue weighted by molar-refractivity contribution is 5.94. The zero-order valence-corrected chi connectivity index (χ0v) is 17.7. The first-order valence-electron chi connectivity index (χ1n) is 10.9. The number of nitrogens with zero attached hydrogens (tertiary/aromatic N) is 5. The van der Waals surface area contributed by atoms with E-state index >= 15 is 0 Å². The normalized spacial score (nSPS) is 17.9. The van der Waals surface area contributed by atoms with Gasteiger partial charge in [0.25, 0.3) is 6.47 Å². The molecule has 2 saturated heterocycles. The number of aromatic nitrogens is 4. The van der Waals surface area contributed by atoms with Crippen LogP contribution in [0, 0.1) is 5.41 Å². The van der Waals surface area contributed by atoms with E-state index in [0.717, 1.165) is 66.9 Å². The molecule has 8 nitrogen and oxygen atoms in total. The first-order valence-corrected chi connectivity index (χ1v) is 10.9. The van der Waals surface area contributed by atoms with Crippen molar-refractivity contribution in [3.8, 4) is 17.3 Å². The van der Waals surface area contributed by atoms with Crippen LogP contribution < -0.4 is 15.0 Å². The fourth-order valence-corrected chi connectivity index (χ4v) is 4.90. The van der Waals surface area contributed by atoms with Crippen LogP contribution in [0.2, 0.25) is 0 Å². The zero-order chi connectivity index (χ0) is 21.3. The van der Waals surface area contributed by atoms with Crippen molar-refractivity contribution in [1.82, 2.24) is 25.3 Å². The highest BCUT2D eigenvalue weighted by atomic mass is 16.5. The van der Waals surface area contributed by atoms with Gasteiger partial charge in [-0.1, -0.05) is 6.92 Å². The van der Waals surface area contributed by atoms with Crippen LogP contribution in [0.1, 0.15) is 31.7 Å². The molecular formula is C23H26N6O2. The molecule has 5 rings (SSSR count). The third kappa shape index (κ3) is 3.61. The number of rotatable bonds is 5. The Kier molecular flexibility index (Phi) is 5.23. The summed E-state index contributed by atoms with van der Waals surface area (Å²) in [6.45, 7) is 6.56. The first-order chi connectivity index (χ1) is 15.2. The molecule has 2 fully saturated rings. The van der Waals surface area contributed by atoms with Gasteiger partial charge in [-0.25, -0.2) is 15.0 Å². The number of carbonyl (C=O) groups is 1. The monoisotopic (exact) mass is 418 g/mol. The van der Waals surface area contributed by atoms with E-state index in [1.165, 1.54) is 6.42 Å². The molecule has 2 aliphatic rings. The summed E-state index contributed by atoms with van der Waals surface area (Å²) in [4.78, 5) is 31.7. The fourth-order valence-electron chi connectivity index (χ4n) is 4.90. The van der Waals surface area contributed by atoms with Gasteiger partial charge in [-0.15, -0.1) is 0 Å². The van der Waals surface area contributed by atoms with Crippen LogP contribution in [0.25, 0.3) is 22.3 Å².